The quantitative estimate of drug-likeness (QED) is 0.630. The Kier molecular flexibility index (Phi) is 5.15. The van der Waals surface area contributed by atoms with Gasteiger partial charge in [-0.05, 0) is 13.8 Å². The number of hydrogen-bond acceptors (Lipinski definition) is 2. The highest BCUT2D eigenvalue weighted by molar-refractivity contribution is 5.80. The van der Waals surface area contributed by atoms with Crippen LogP contribution in [0.4, 0.5) is 4.79 Å². The molecule has 0 radical (unpaired) electrons. The lowest BCUT2D eigenvalue weighted by atomic mass is 10.4. The summed E-state index contributed by atoms with van der Waals surface area (Å²) in [6, 6.07) is -0.503. The average molecular weight is 198 g/mol. The maximum atomic E-state index is 11.3. The van der Waals surface area contributed by atoms with E-state index in [-0.39, 0.29) is 19.1 Å². The number of rotatable bonds is 4. The fourth-order valence-electron chi connectivity index (χ4n) is 0.811. The molecule has 14 heavy (non-hydrogen) atoms. The van der Waals surface area contributed by atoms with Crippen molar-refractivity contribution in [2.75, 3.05) is 13.1 Å². The van der Waals surface area contributed by atoms with Crippen molar-refractivity contribution >= 4 is 12.0 Å². The van der Waals surface area contributed by atoms with E-state index in [2.05, 4.69) is 11.2 Å². The molecule has 5 nitrogen and oxygen atoms in total. The standard InChI is InChI=1S/C9H14N2O3/c1-4-5-11(6-8(12)13)9(14)10-7(2)3/h1,7H,5-6H2,2-3H3,(H,10,14)(H,12,13). The summed E-state index contributed by atoms with van der Waals surface area (Å²) in [5.74, 6) is 1.14. The van der Waals surface area contributed by atoms with E-state index >= 15 is 0 Å². The number of urea groups is 1. The molecule has 0 aliphatic heterocycles. The van der Waals surface area contributed by atoms with Crippen LogP contribution in [-0.4, -0.2) is 41.1 Å². The second-order valence-electron chi connectivity index (χ2n) is 3.06. The molecule has 0 aromatic rings. The number of terminal acetylenes is 1. The van der Waals surface area contributed by atoms with Crippen LogP contribution < -0.4 is 5.32 Å². The predicted octanol–water partition coefficient (Wildman–Crippen LogP) is 0.124. The molecule has 0 aliphatic carbocycles. The Morgan fingerprint density at radius 2 is 2.14 bits per heavy atom. The van der Waals surface area contributed by atoms with Crippen molar-refractivity contribution in [1.29, 1.82) is 0 Å². The summed E-state index contributed by atoms with van der Waals surface area (Å²) in [6.45, 7) is 3.17. The van der Waals surface area contributed by atoms with E-state index in [0.717, 1.165) is 4.90 Å². The smallest absolute Gasteiger partial charge is 0.323 e. The van der Waals surface area contributed by atoms with Gasteiger partial charge in [0.1, 0.15) is 6.54 Å². The van der Waals surface area contributed by atoms with Gasteiger partial charge in [0.15, 0.2) is 0 Å². The SMILES string of the molecule is C#CCN(CC(=O)O)C(=O)NC(C)C. The van der Waals surface area contributed by atoms with E-state index in [1.165, 1.54) is 0 Å². The van der Waals surface area contributed by atoms with Crippen molar-refractivity contribution in [2.45, 2.75) is 19.9 Å². The van der Waals surface area contributed by atoms with Crippen LogP contribution in [0.3, 0.4) is 0 Å². The van der Waals surface area contributed by atoms with Crippen LogP contribution in [-0.2, 0) is 4.79 Å². The van der Waals surface area contributed by atoms with Crippen LogP contribution in [0, 0.1) is 12.3 Å². The Morgan fingerprint density at radius 3 is 2.50 bits per heavy atom. The molecule has 0 aromatic heterocycles. The van der Waals surface area contributed by atoms with Crippen molar-refractivity contribution < 1.29 is 14.7 Å². The molecule has 0 heterocycles. The Morgan fingerprint density at radius 1 is 1.57 bits per heavy atom. The number of carboxylic acid groups (broad SMARTS) is 1. The molecule has 0 aliphatic rings. The zero-order valence-electron chi connectivity index (χ0n) is 8.28. The average Bonchev–Trinajstić information content (AvgIpc) is 2.01. The first-order valence-electron chi connectivity index (χ1n) is 4.18. The number of carboxylic acids is 1. The molecule has 0 aromatic carbocycles. The summed E-state index contributed by atoms with van der Waals surface area (Å²) in [6.07, 6.45) is 5.01. The van der Waals surface area contributed by atoms with Crippen LogP contribution in [0.5, 0.6) is 0 Å². The van der Waals surface area contributed by atoms with Gasteiger partial charge in [-0.3, -0.25) is 4.79 Å². The van der Waals surface area contributed by atoms with Gasteiger partial charge in [-0.2, -0.15) is 0 Å². The van der Waals surface area contributed by atoms with Crippen molar-refractivity contribution in [3.05, 3.63) is 0 Å². The third-order valence-electron chi connectivity index (χ3n) is 1.31. The maximum absolute atomic E-state index is 11.3. The van der Waals surface area contributed by atoms with Crippen LogP contribution in [0.15, 0.2) is 0 Å². The molecule has 78 valence electrons. The Hall–Kier alpha value is -1.70. The molecular formula is C9H14N2O3. The largest absolute Gasteiger partial charge is 0.480 e. The van der Waals surface area contributed by atoms with Crippen molar-refractivity contribution in [3.8, 4) is 12.3 Å². The highest BCUT2D eigenvalue weighted by atomic mass is 16.4. The normalized spacial score (nSPS) is 9.29. The molecule has 2 N–H and O–H groups in total. The number of carbonyl (C=O) groups excluding carboxylic acids is 1. The number of nitrogens with one attached hydrogen (secondary N) is 1. The summed E-state index contributed by atoms with van der Waals surface area (Å²) in [5, 5.41) is 11.1. The van der Waals surface area contributed by atoms with E-state index in [1.807, 2.05) is 0 Å². The zero-order valence-corrected chi connectivity index (χ0v) is 8.28. The first-order chi connectivity index (χ1) is 6.47. The number of aliphatic carboxylic acids is 1. The number of amides is 2. The molecule has 0 unspecified atom stereocenters. The molecule has 5 heteroatoms. The van der Waals surface area contributed by atoms with Gasteiger partial charge in [0, 0.05) is 6.04 Å². The van der Waals surface area contributed by atoms with Crippen LogP contribution in [0.1, 0.15) is 13.8 Å². The number of hydrogen-bond donors (Lipinski definition) is 2. The lowest BCUT2D eigenvalue weighted by Gasteiger charge is -2.20. The van der Waals surface area contributed by atoms with Gasteiger partial charge in [-0.1, -0.05) is 5.92 Å². The molecule has 0 fully saturated rings. The highest BCUT2D eigenvalue weighted by Gasteiger charge is 2.15. The van der Waals surface area contributed by atoms with E-state index in [9.17, 15) is 9.59 Å². The van der Waals surface area contributed by atoms with Gasteiger partial charge in [-0.25, -0.2) is 4.79 Å². The summed E-state index contributed by atoms with van der Waals surface area (Å²) in [4.78, 5) is 22.8. The molecule has 2 amide bonds. The van der Waals surface area contributed by atoms with Crippen LogP contribution in [0.25, 0.3) is 0 Å². The second-order valence-corrected chi connectivity index (χ2v) is 3.06. The lowest BCUT2D eigenvalue weighted by molar-refractivity contribution is -0.137. The zero-order chi connectivity index (χ0) is 11.1. The van der Waals surface area contributed by atoms with Crippen LogP contribution >= 0.6 is 0 Å². The van der Waals surface area contributed by atoms with Crippen molar-refractivity contribution in [2.24, 2.45) is 0 Å². The van der Waals surface area contributed by atoms with Gasteiger partial charge in [0.2, 0.25) is 0 Å². The minimum Gasteiger partial charge on any atom is -0.480 e. The van der Waals surface area contributed by atoms with Crippen molar-refractivity contribution in [3.63, 3.8) is 0 Å². The fraction of sp³-hybridized carbons (Fsp3) is 0.556. The molecule has 0 spiro atoms. The molecule has 0 saturated heterocycles. The molecule has 0 rings (SSSR count). The maximum Gasteiger partial charge on any atom is 0.323 e. The fourth-order valence-corrected chi connectivity index (χ4v) is 0.811. The predicted molar refractivity (Wildman–Crippen MR) is 51.7 cm³/mol. The van der Waals surface area contributed by atoms with Crippen LogP contribution in [0.2, 0.25) is 0 Å². The topological polar surface area (TPSA) is 69.6 Å². The Balaban J connectivity index is 4.26. The third kappa shape index (κ3) is 5.04. The summed E-state index contributed by atoms with van der Waals surface area (Å²) >= 11 is 0. The minimum atomic E-state index is -1.08. The Labute approximate surface area is 83.1 Å². The van der Waals surface area contributed by atoms with E-state index in [0.29, 0.717) is 0 Å². The van der Waals surface area contributed by atoms with E-state index in [4.69, 9.17) is 11.5 Å². The molecule has 0 bridgehead atoms. The summed E-state index contributed by atoms with van der Waals surface area (Å²) < 4.78 is 0. The third-order valence-corrected chi connectivity index (χ3v) is 1.31. The van der Waals surface area contributed by atoms with Gasteiger partial charge >= 0.3 is 12.0 Å². The van der Waals surface area contributed by atoms with E-state index < -0.39 is 12.0 Å². The van der Waals surface area contributed by atoms with E-state index in [1.54, 1.807) is 13.8 Å². The number of nitrogens with zero attached hydrogens (tertiary/aromatic N) is 1. The minimum absolute atomic E-state index is 0.00907. The van der Waals surface area contributed by atoms with Gasteiger partial charge in [0.25, 0.3) is 0 Å². The lowest BCUT2D eigenvalue weighted by Crippen LogP contribution is -2.45. The molecule has 0 atom stereocenters. The monoisotopic (exact) mass is 198 g/mol. The van der Waals surface area contributed by atoms with Crippen molar-refractivity contribution in [1.82, 2.24) is 10.2 Å². The second kappa shape index (κ2) is 5.86. The summed E-state index contributed by atoms with van der Waals surface area (Å²) in [5.41, 5.74) is 0. The number of carbonyl (C=O) groups is 2. The molecular weight excluding hydrogens is 184 g/mol. The highest BCUT2D eigenvalue weighted by Crippen LogP contribution is 1.90. The van der Waals surface area contributed by atoms with Gasteiger partial charge < -0.3 is 15.3 Å². The first kappa shape index (κ1) is 12.3. The first-order valence-corrected chi connectivity index (χ1v) is 4.18. The molecule has 0 saturated carbocycles. The summed E-state index contributed by atoms with van der Waals surface area (Å²) in [7, 11) is 0. The van der Waals surface area contributed by atoms with Gasteiger partial charge in [-0.15, -0.1) is 6.42 Å². The van der Waals surface area contributed by atoms with Gasteiger partial charge in [0.05, 0.1) is 6.54 Å². The Bertz CT molecular complexity index is 255.